The van der Waals surface area contributed by atoms with E-state index in [0.717, 1.165) is 35.5 Å². The van der Waals surface area contributed by atoms with Crippen molar-refractivity contribution in [3.63, 3.8) is 0 Å². The lowest BCUT2D eigenvalue weighted by atomic mass is 9.89. The first kappa shape index (κ1) is 27.8. The standard InChI is InChI=1S/C16H25N3.C16H16O3/c1-2-11-19(12-3-1)13-5-7-15-9-8-14-6-4-10-17-16(14)18-15;17-11-13(10-16(18)19)15-9-5-4-8-14(15)12-6-2-1-3-7-12/h8-9H,1-7,10-13H2,(H,17,18);1-9,13,17H,10-11H2,(H,18,19). The minimum absolute atomic E-state index is 0.0691. The van der Waals surface area contributed by atoms with E-state index in [9.17, 15) is 9.90 Å². The van der Waals surface area contributed by atoms with Crippen molar-refractivity contribution >= 4 is 11.8 Å². The highest BCUT2D eigenvalue weighted by Gasteiger charge is 2.18. The van der Waals surface area contributed by atoms with Crippen molar-refractivity contribution in [1.82, 2.24) is 9.88 Å². The minimum Gasteiger partial charge on any atom is -0.481 e. The van der Waals surface area contributed by atoms with Crippen LogP contribution in [0.5, 0.6) is 0 Å². The summed E-state index contributed by atoms with van der Waals surface area (Å²) >= 11 is 0. The average Bonchev–Trinajstić information content (AvgIpc) is 2.97. The number of aromatic nitrogens is 1. The molecule has 0 spiro atoms. The Hall–Kier alpha value is -3.22. The Labute approximate surface area is 226 Å². The van der Waals surface area contributed by atoms with E-state index in [2.05, 4.69) is 22.3 Å². The molecule has 6 nitrogen and oxygen atoms in total. The van der Waals surface area contributed by atoms with E-state index in [1.807, 2.05) is 54.6 Å². The quantitative estimate of drug-likeness (QED) is 0.336. The van der Waals surface area contributed by atoms with Crippen molar-refractivity contribution < 1.29 is 15.0 Å². The number of likely N-dealkylation sites (tertiary alicyclic amines) is 1. The molecule has 5 rings (SSSR count). The summed E-state index contributed by atoms with van der Waals surface area (Å²) in [7, 11) is 0. The average molecular weight is 516 g/mol. The van der Waals surface area contributed by atoms with Crippen LogP contribution in [0.25, 0.3) is 11.1 Å². The number of aliphatic carboxylic acids is 1. The predicted molar refractivity (Wildman–Crippen MR) is 154 cm³/mol. The molecule has 1 atom stereocenters. The number of hydrogen-bond donors (Lipinski definition) is 3. The molecular formula is C32H41N3O3. The maximum Gasteiger partial charge on any atom is 0.304 e. The van der Waals surface area contributed by atoms with E-state index in [0.29, 0.717) is 0 Å². The number of benzene rings is 2. The van der Waals surface area contributed by atoms with Gasteiger partial charge in [0.1, 0.15) is 5.82 Å². The maximum atomic E-state index is 10.9. The summed E-state index contributed by atoms with van der Waals surface area (Å²) in [6.07, 6.45) is 8.92. The van der Waals surface area contributed by atoms with Crippen LogP contribution in [0.4, 0.5) is 5.82 Å². The van der Waals surface area contributed by atoms with Gasteiger partial charge in [-0.15, -0.1) is 0 Å². The molecule has 202 valence electrons. The number of rotatable bonds is 9. The Morgan fingerprint density at radius 2 is 1.71 bits per heavy atom. The lowest BCUT2D eigenvalue weighted by Gasteiger charge is -2.26. The summed E-state index contributed by atoms with van der Waals surface area (Å²) in [4.78, 5) is 18.3. The van der Waals surface area contributed by atoms with Crippen molar-refractivity contribution in [3.8, 4) is 11.1 Å². The summed E-state index contributed by atoms with van der Waals surface area (Å²) in [5.41, 5.74) is 5.53. The number of aliphatic hydroxyl groups excluding tert-OH is 1. The fourth-order valence-corrected chi connectivity index (χ4v) is 5.39. The lowest BCUT2D eigenvalue weighted by molar-refractivity contribution is -0.137. The third-order valence-electron chi connectivity index (χ3n) is 7.43. The number of anilines is 1. The highest BCUT2D eigenvalue weighted by Crippen LogP contribution is 2.30. The highest BCUT2D eigenvalue weighted by atomic mass is 16.4. The zero-order valence-corrected chi connectivity index (χ0v) is 22.3. The van der Waals surface area contributed by atoms with Gasteiger partial charge < -0.3 is 20.4 Å². The van der Waals surface area contributed by atoms with Crippen LogP contribution in [-0.4, -0.2) is 58.9 Å². The van der Waals surface area contributed by atoms with E-state index in [4.69, 9.17) is 10.1 Å². The number of nitrogens with one attached hydrogen (secondary N) is 1. The molecule has 0 saturated carbocycles. The van der Waals surface area contributed by atoms with Gasteiger partial charge in [-0.25, -0.2) is 4.98 Å². The molecule has 3 aromatic rings. The normalized spacial score (nSPS) is 15.9. The molecule has 1 aromatic heterocycles. The molecular weight excluding hydrogens is 474 g/mol. The fourth-order valence-electron chi connectivity index (χ4n) is 5.39. The van der Waals surface area contributed by atoms with E-state index in [-0.39, 0.29) is 18.9 Å². The Balaban J connectivity index is 0.000000177. The van der Waals surface area contributed by atoms with Gasteiger partial charge in [-0.05, 0) is 86.5 Å². The van der Waals surface area contributed by atoms with Crippen LogP contribution in [0.3, 0.4) is 0 Å². The number of carboxylic acid groups (broad SMARTS) is 1. The van der Waals surface area contributed by atoms with E-state index < -0.39 is 5.97 Å². The van der Waals surface area contributed by atoms with Gasteiger partial charge in [0.05, 0.1) is 13.0 Å². The van der Waals surface area contributed by atoms with Gasteiger partial charge >= 0.3 is 5.97 Å². The Bertz CT molecular complexity index is 1150. The van der Waals surface area contributed by atoms with Crippen molar-refractivity contribution in [2.75, 3.05) is 38.1 Å². The molecule has 2 aromatic carbocycles. The zero-order valence-electron chi connectivity index (χ0n) is 22.3. The first-order valence-electron chi connectivity index (χ1n) is 14.1. The molecule has 2 aliphatic rings. The Morgan fingerprint density at radius 3 is 2.47 bits per heavy atom. The van der Waals surface area contributed by atoms with Gasteiger partial charge in [-0.1, -0.05) is 67.1 Å². The van der Waals surface area contributed by atoms with Gasteiger partial charge in [0.2, 0.25) is 0 Å². The SMILES string of the molecule is O=C(O)CC(CO)c1ccccc1-c1ccccc1.c1cc2c(nc1CCCN1CCCCC1)NCCC2. The molecule has 3 N–H and O–H groups in total. The van der Waals surface area contributed by atoms with Crippen LogP contribution in [0.2, 0.25) is 0 Å². The summed E-state index contributed by atoms with van der Waals surface area (Å²) < 4.78 is 0. The number of pyridine rings is 1. The molecule has 0 bridgehead atoms. The molecule has 2 aliphatic heterocycles. The summed E-state index contributed by atoms with van der Waals surface area (Å²) in [6.45, 7) is 4.76. The number of nitrogens with zero attached hydrogens (tertiary/aromatic N) is 2. The summed E-state index contributed by atoms with van der Waals surface area (Å²) in [5, 5.41) is 21.8. The van der Waals surface area contributed by atoms with E-state index in [1.165, 1.54) is 69.4 Å². The molecule has 6 heteroatoms. The second-order valence-electron chi connectivity index (χ2n) is 10.3. The topological polar surface area (TPSA) is 85.7 Å². The van der Waals surface area contributed by atoms with Crippen LogP contribution in [0.15, 0.2) is 66.7 Å². The highest BCUT2D eigenvalue weighted by molar-refractivity contribution is 5.72. The molecule has 0 aliphatic carbocycles. The van der Waals surface area contributed by atoms with Crippen LogP contribution >= 0.6 is 0 Å². The van der Waals surface area contributed by atoms with Crippen molar-refractivity contribution in [2.45, 2.75) is 57.3 Å². The van der Waals surface area contributed by atoms with Crippen LogP contribution in [-0.2, 0) is 17.6 Å². The van der Waals surface area contributed by atoms with Crippen molar-refractivity contribution in [2.24, 2.45) is 0 Å². The number of hydrogen-bond acceptors (Lipinski definition) is 5. The summed E-state index contributed by atoms with van der Waals surface area (Å²) in [6, 6.07) is 21.9. The number of aliphatic hydroxyl groups is 1. The molecule has 1 unspecified atom stereocenters. The predicted octanol–water partition coefficient (Wildman–Crippen LogP) is 5.76. The van der Waals surface area contributed by atoms with E-state index >= 15 is 0 Å². The fraction of sp³-hybridized carbons (Fsp3) is 0.438. The van der Waals surface area contributed by atoms with Crippen LogP contribution in [0.1, 0.15) is 61.3 Å². The Kier molecular flexibility index (Phi) is 10.7. The minimum atomic E-state index is -0.901. The second-order valence-corrected chi connectivity index (χ2v) is 10.3. The van der Waals surface area contributed by atoms with Crippen molar-refractivity contribution in [3.05, 3.63) is 83.6 Å². The molecule has 1 saturated heterocycles. The zero-order chi connectivity index (χ0) is 26.6. The van der Waals surface area contributed by atoms with E-state index in [1.54, 1.807) is 0 Å². The van der Waals surface area contributed by atoms with Crippen LogP contribution < -0.4 is 5.32 Å². The number of carbonyl (C=O) groups is 1. The third-order valence-corrected chi connectivity index (χ3v) is 7.43. The molecule has 1 fully saturated rings. The molecule has 0 amide bonds. The summed E-state index contributed by atoms with van der Waals surface area (Å²) in [5.74, 6) is -0.141. The number of carboxylic acids is 1. The van der Waals surface area contributed by atoms with Gasteiger partial charge in [0.15, 0.2) is 0 Å². The second kappa shape index (κ2) is 14.6. The lowest BCUT2D eigenvalue weighted by Crippen LogP contribution is -2.30. The third kappa shape index (κ3) is 8.14. The van der Waals surface area contributed by atoms with Gasteiger partial charge in [-0.2, -0.15) is 0 Å². The monoisotopic (exact) mass is 515 g/mol. The van der Waals surface area contributed by atoms with Gasteiger partial charge in [-0.3, -0.25) is 4.79 Å². The molecule has 0 radical (unpaired) electrons. The maximum absolute atomic E-state index is 10.9. The molecule has 38 heavy (non-hydrogen) atoms. The first-order valence-corrected chi connectivity index (χ1v) is 14.1. The van der Waals surface area contributed by atoms with Gasteiger partial charge in [0.25, 0.3) is 0 Å². The van der Waals surface area contributed by atoms with Crippen LogP contribution in [0, 0.1) is 0 Å². The molecule has 3 heterocycles. The Morgan fingerprint density at radius 1 is 0.947 bits per heavy atom. The van der Waals surface area contributed by atoms with Crippen molar-refractivity contribution in [1.29, 1.82) is 0 Å². The number of fused-ring (bicyclic) bond motifs is 1. The van der Waals surface area contributed by atoms with Gasteiger partial charge in [0, 0.05) is 18.2 Å². The smallest absolute Gasteiger partial charge is 0.304 e. The largest absolute Gasteiger partial charge is 0.481 e. The number of piperidine rings is 1. The first-order chi connectivity index (χ1) is 18.6. The number of aryl methyl sites for hydroxylation is 2.